The van der Waals surface area contributed by atoms with Crippen molar-refractivity contribution in [1.29, 1.82) is 0 Å². The highest BCUT2D eigenvalue weighted by Crippen LogP contribution is 2.40. The highest BCUT2D eigenvalue weighted by molar-refractivity contribution is 5.45. The third kappa shape index (κ3) is 2.12. The lowest BCUT2D eigenvalue weighted by molar-refractivity contribution is -0.991. The predicted molar refractivity (Wildman–Crippen MR) is 54.5 cm³/mol. The van der Waals surface area contributed by atoms with Gasteiger partial charge < -0.3 is 14.7 Å². The molecule has 1 aromatic carbocycles. The number of quaternary nitrogens is 1. The molecule has 0 radical (unpaired) electrons. The second kappa shape index (κ2) is 3.92. The van der Waals surface area contributed by atoms with E-state index in [4.69, 9.17) is 14.7 Å². The summed E-state index contributed by atoms with van der Waals surface area (Å²) in [6, 6.07) is 3.46. The molecule has 1 saturated heterocycles. The molecule has 0 spiro atoms. The van der Waals surface area contributed by atoms with E-state index in [-0.39, 0.29) is 29.7 Å². The van der Waals surface area contributed by atoms with Crippen molar-refractivity contribution in [3.63, 3.8) is 0 Å². The number of hydrogen-bond acceptors (Lipinski definition) is 4. The summed E-state index contributed by atoms with van der Waals surface area (Å²) in [5.41, 5.74) is -0.00658. The van der Waals surface area contributed by atoms with Crippen LogP contribution < -0.4 is 9.96 Å². The van der Waals surface area contributed by atoms with Gasteiger partial charge in [-0.3, -0.25) is 0 Å². The normalized spacial score (nSPS) is 32.1. The molecule has 2 N–H and O–H groups in total. The minimum Gasteiger partial charge on any atom is -0.595 e. The van der Waals surface area contributed by atoms with Gasteiger partial charge in [-0.2, -0.15) is 5.23 Å². The maximum atomic E-state index is 13.1. The molecular weight excluding hydrogens is 229 g/mol. The number of benzene rings is 1. The van der Waals surface area contributed by atoms with Gasteiger partial charge in [0.1, 0.15) is 11.9 Å². The molecule has 0 amide bonds. The number of ether oxygens (including phenoxy) is 2. The molecule has 6 heteroatoms. The highest BCUT2D eigenvalue weighted by atomic mass is 19.1. The van der Waals surface area contributed by atoms with Crippen LogP contribution in [-0.4, -0.2) is 23.5 Å². The third-order valence-corrected chi connectivity index (χ3v) is 3.15. The monoisotopic (exact) mass is 241 g/mol. The van der Waals surface area contributed by atoms with Gasteiger partial charge in [0.15, 0.2) is 5.75 Å². The topological polar surface area (TPSA) is 69.5 Å². The van der Waals surface area contributed by atoms with E-state index in [9.17, 15) is 9.60 Å². The fourth-order valence-electron chi connectivity index (χ4n) is 2.25. The molecule has 3 unspecified atom stereocenters. The molecule has 2 fully saturated rings. The Labute approximate surface area is 96.9 Å². The summed E-state index contributed by atoms with van der Waals surface area (Å²) in [6.07, 6.45) is 1.93. The zero-order chi connectivity index (χ0) is 12.0. The molecule has 1 saturated carbocycles. The van der Waals surface area contributed by atoms with Crippen LogP contribution in [0, 0.1) is 11.0 Å². The van der Waals surface area contributed by atoms with Crippen molar-refractivity contribution >= 4 is 5.69 Å². The number of nitrogens with one attached hydrogen (secondary N) is 1. The predicted octanol–water partition coefficient (Wildman–Crippen LogP) is 0.538. The molecule has 1 aliphatic carbocycles. The first-order valence-electron chi connectivity index (χ1n) is 5.48. The maximum Gasteiger partial charge on any atom is 0.206 e. The van der Waals surface area contributed by atoms with E-state index >= 15 is 0 Å². The quantitative estimate of drug-likeness (QED) is 0.598. The summed E-state index contributed by atoms with van der Waals surface area (Å²) in [7, 11) is 0. The van der Waals surface area contributed by atoms with Crippen molar-refractivity contribution in [3.8, 4) is 5.75 Å². The maximum absolute atomic E-state index is 13.1. The molecule has 1 aromatic rings. The smallest absolute Gasteiger partial charge is 0.206 e. The van der Waals surface area contributed by atoms with Gasteiger partial charge in [-0.25, -0.2) is 9.60 Å². The van der Waals surface area contributed by atoms with E-state index in [0.29, 0.717) is 0 Å². The molecule has 1 aliphatic heterocycles. The molecule has 3 atom stereocenters. The Hall–Kier alpha value is -1.21. The number of rotatable bonds is 3. The fourth-order valence-corrected chi connectivity index (χ4v) is 2.25. The Morgan fingerprint density at radius 3 is 2.76 bits per heavy atom. The molecule has 5 nitrogen and oxygen atoms in total. The first-order valence-corrected chi connectivity index (χ1v) is 5.48. The summed E-state index contributed by atoms with van der Waals surface area (Å²) in [4.78, 5) is 0. The standard InChI is InChI=1S/C11H12FNO4/c12-6-1-2-8(13(14)15)9(3-6)16-7-4-10-11(5-7)17-10/h1-3,7,10-11,13-14H,4-5H2. The van der Waals surface area contributed by atoms with Crippen molar-refractivity contribution in [3.05, 3.63) is 29.2 Å². The molecular formula is C11H12FNO4. The average molecular weight is 241 g/mol. The van der Waals surface area contributed by atoms with Crippen LogP contribution in [0.5, 0.6) is 5.75 Å². The van der Waals surface area contributed by atoms with Gasteiger partial charge in [0.05, 0.1) is 12.2 Å². The van der Waals surface area contributed by atoms with Crippen molar-refractivity contribution in [2.75, 3.05) is 0 Å². The van der Waals surface area contributed by atoms with E-state index in [1.807, 2.05) is 0 Å². The zero-order valence-corrected chi connectivity index (χ0v) is 8.93. The van der Waals surface area contributed by atoms with E-state index in [2.05, 4.69) is 0 Å². The SMILES string of the molecule is [O-][NH+](O)c1ccc(F)cc1OC1CC2OC2C1. The summed E-state index contributed by atoms with van der Waals surface area (Å²) < 4.78 is 23.9. The first-order chi connectivity index (χ1) is 8.13. The van der Waals surface area contributed by atoms with Gasteiger partial charge in [0, 0.05) is 25.0 Å². The van der Waals surface area contributed by atoms with Crippen LogP contribution in [0.25, 0.3) is 0 Å². The molecule has 0 bridgehead atoms. The third-order valence-electron chi connectivity index (χ3n) is 3.15. The van der Waals surface area contributed by atoms with Gasteiger partial charge in [-0.1, -0.05) is 0 Å². The Morgan fingerprint density at radius 1 is 1.41 bits per heavy atom. The van der Waals surface area contributed by atoms with Crippen LogP contribution in [0.15, 0.2) is 18.2 Å². The summed E-state index contributed by atoms with van der Waals surface area (Å²) >= 11 is 0. The van der Waals surface area contributed by atoms with Crippen LogP contribution in [0.3, 0.4) is 0 Å². The van der Waals surface area contributed by atoms with E-state index in [1.54, 1.807) is 0 Å². The first kappa shape index (κ1) is 10.9. The van der Waals surface area contributed by atoms with E-state index in [1.165, 1.54) is 6.07 Å². The van der Waals surface area contributed by atoms with E-state index < -0.39 is 11.0 Å². The molecule has 0 aromatic heterocycles. The number of epoxide rings is 1. The van der Waals surface area contributed by atoms with Gasteiger partial charge >= 0.3 is 0 Å². The van der Waals surface area contributed by atoms with Gasteiger partial charge in [0.25, 0.3) is 0 Å². The van der Waals surface area contributed by atoms with Crippen LogP contribution in [-0.2, 0) is 4.74 Å². The van der Waals surface area contributed by atoms with Crippen molar-refractivity contribution in [2.45, 2.75) is 31.2 Å². The van der Waals surface area contributed by atoms with Crippen molar-refractivity contribution in [2.24, 2.45) is 0 Å². The van der Waals surface area contributed by atoms with Crippen LogP contribution >= 0.6 is 0 Å². The molecule has 17 heavy (non-hydrogen) atoms. The second-order valence-corrected chi connectivity index (χ2v) is 4.37. The summed E-state index contributed by atoms with van der Waals surface area (Å²) in [6.45, 7) is 0. The minimum atomic E-state index is -1.11. The minimum absolute atomic E-state index is 0.00658. The van der Waals surface area contributed by atoms with Crippen LogP contribution in [0.1, 0.15) is 12.8 Å². The lowest BCUT2D eigenvalue weighted by Gasteiger charge is -2.19. The summed E-state index contributed by atoms with van der Waals surface area (Å²) in [5, 5.41) is 18.8. The lowest BCUT2D eigenvalue weighted by atomic mass is 10.2. The summed E-state index contributed by atoms with van der Waals surface area (Å²) in [5.74, 6) is -0.395. The van der Waals surface area contributed by atoms with Gasteiger partial charge in [0.2, 0.25) is 5.69 Å². The van der Waals surface area contributed by atoms with Gasteiger partial charge in [-0.05, 0) is 6.07 Å². The average Bonchev–Trinajstić information content (AvgIpc) is 2.86. The van der Waals surface area contributed by atoms with E-state index in [0.717, 1.165) is 25.0 Å². The number of halogens is 1. The molecule has 1 heterocycles. The second-order valence-electron chi connectivity index (χ2n) is 4.37. The van der Waals surface area contributed by atoms with Crippen LogP contribution in [0.4, 0.5) is 10.1 Å². The lowest BCUT2D eigenvalue weighted by Crippen LogP contribution is -2.99. The van der Waals surface area contributed by atoms with Gasteiger partial charge in [-0.15, -0.1) is 0 Å². The van der Waals surface area contributed by atoms with Crippen LogP contribution in [0.2, 0.25) is 0 Å². The Balaban J connectivity index is 1.78. The Kier molecular flexibility index (Phi) is 2.52. The molecule has 2 aliphatic rings. The van der Waals surface area contributed by atoms with Crippen molar-refractivity contribution in [1.82, 2.24) is 0 Å². The zero-order valence-electron chi connectivity index (χ0n) is 8.93. The van der Waals surface area contributed by atoms with Crippen molar-refractivity contribution < 1.29 is 24.3 Å². The number of fused-ring (bicyclic) bond motifs is 1. The highest BCUT2D eigenvalue weighted by Gasteiger charge is 2.49. The molecule has 92 valence electrons. The fraction of sp³-hybridized carbons (Fsp3) is 0.455. The number of hydrogen-bond donors (Lipinski definition) is 2. The Bertz CT molecular complexity index is 429. The Morgan fingerprint density at radius 2 is 2.12 bits per heavy atom. The molecule has 3 rings (SSSR count). The largest absolute Gasteiger partial charge is 0.595 e.